The first-order valence-corrected chi connectivity index (χ1v) is 5.13. The van der Waals surface area contributed by atoms with Gasteiger partial charge in [0.1, 0.15) is 6.61 Å². The lowest BCUT2D eigenvalue weighted by atomic mass is 10.3. The van der Waals surface area contributed by atoms with Gasteiger partial charge in [-0.05, 0) is 19.7 Å². The lowest BCUT2D eigenvalue weighted by Gasteiger charge is -2.11. The standard InChI is InChI=1S/C10H16ClN3O/c1-14(2)3-4-15-10-5-8(6-12)9(11)7-13-10/h5,7H,3-4,6,12H2,1-2H3. The summed E-state index contributed by atoms with van der Waals surface area (Å²) in [5.74, 6) is 0.571. The number of nitrogens with zero attached hydrogens (tertiary/aromatic N) is 2. The lowest BCUT2D eigenvalue weighted by molar-refractivity contribution is 0.253. The largest absolute Gasteiger partial charge is 0.476 e. The van der Waals surface area contributed by atoms with E-state index < -0.39 is 0 Å². The number of ether oxygens (including phenoxy) is 1. The average Bonchev–Trinajstić information content (AvgIpc) is 2.20. The highest BCUT2D eigenvalue weighted by Crippen LogP contribution is 2.18. The Morgan fingerprint density at radius 2 is 2.27 bits per heavy atom. The molecule has 0 saturated heterocycles. The Morgan fingerprint density at radius 3 is 2.87 bits per heavy atom. The molecule has 0 amide bonds. The highest BCUT2D eigenvalue weighted by Gasteiger charge is 2.02. The Kier molecular flexibility index (Phi) is 4.81. The SMILES string of the molecule is CN(C)CCOc1cc(CN)c(Cl)cn1. The van der Waals surface area contributed by atoms with Crippen molar-refractivity contribution in [2.75, 3.05) is 27.2 Å². The molecule has 0 aliphatic carbocycles. The quantitative estimate of drug-likeness (QED) is 0.823. The van der Waals surface area contributed by atoms with Crippen molar-refractivity contribution < 1.29 is 4.74 Å². The first kappa shape index (κ1) is 12.2. The summed E-state index contributed by atoms with van der Waals surface area (Å²) in [6.07, 6.45) is 1.56. The Bertz CT molecular complexity index is 318. The van der Waals surface area contributed by atoms with Gasteiger partial charge < -0.3 is 15.4 Å². The van der Waals surface area contributed by atoms with Gasteiger partial charge in [0.25, 0.3) is 0 Å². The number of halogens is 1. The van der Waals surface area contributed by atoms with E-state index in [-0.39, 0.29) is 0 Å². The summed E-state index contributed by atoms with van der Waals surface area (Å²) in [4.78, 5) is 6.10. The summed E-state index contributed by atoms with van der Waals surface area (Å²) in [5, 5.41) is 0.581. The second-order valence-electron chi connectivity index (χ2n) is 3.47. The Morgan fingerprint density at radius 1 is 1.53 bits per heavy atom. The van der Waals surface area contributed by atoms with Crippen LogP contribution in [-0.4, -0.2) is 37.1 Å². The molecule has 1 aromatic rings. The molecular weight excluding hydrogens is 214 g/mol. The third-order valence-corrected chi connectivity index (χ3v) is 2.26. The van der Waals surface area contributed by atoms with E-state index in [1.165, 1.54) is 0 Å². The van der Waals surface area contributed by atoms with Crippen LogP contribution in [0.1, 0.15) is 5.56 Å². The summed E-state index contributed by atoms with van der Waals surface area (Å²) in [7, 11) is 3.98. The third-order valence-electron chi connectivity index (χ3n) is 1.92. The van der Waals surface area contributed by atoms with Crippen molar-refractivity contribution in [2.24, 2.45) is 5.73 Å². The fourth-order valence-electron chi connectivity index (χ4n) is 1.03. The first-order valence-electron chi connectivity index (χ1n) is 4.75. The molecule has 2 N–H and O–H groups in total. The number of pyridine rings is 1. The summed E-state index contributed by atoms with van der Waals surface area (Å²) in [6, 6.07) is 1.78. The van der Waals surface area contributed by atoms with Crippen molar-refractivity contribution in [1.82, 2.24) is 9.88 Å². The molecule has 0 aliphatic heterocycles. The van der Waals surface area contributed by atoms with Gasteiger partial charge in [-0.2, -0.15) is 0 Å². The molecule has 4 nitrogen and oxygen atoms in total. The topological polar surface area (TPSA) is 51.4 Å². The molecular formula is C10H16ClN3O. The van der Waals surface area contributed by atoms with Crippen LogP contribution in [0.5, 0.6) is 5.88 Å². The molecule has 0 fully saturated rings. The van der Waals surface area contributed by atoms with Crippen molar-refractivity contribution in [2.45, 2.75) is 6.54 Å². The molecule has 1 aromatic heterocycles. The number of aromatic nitrogens is 1. The molecule has 0 aromatic carbocycles. The van der Waals surface area contributed by atoms with Crippen LogP contribution in [0.3, 0.4) is 0 Å². The smallest absolute Gasteiger partial charge is 0.213 e. The van der Waals surface area contributed by atoms with Gasteiger partial charge in [0.15, 0.2) is 0 Å². The maximum Gasteiger partial charge on any atom is 0.213 e. The van der Waals surface area contributed by atoms with Gasteiger partial charge in [-0.3, -0.25) is 0 Å². The van der Waals surface area contributed by atoms with Gasteiger partial charge in [-0.25, -0.2) is 4.98 Å². The minimum atomic E-state index is 0.394. The second kappa shape index (κ2) is 5.90. The number of likely N-dealkylation sites (N-methyl/N-ethyl adjacent to an activating group) is 1. The fraction of sp³-hybridized carbons (Fsp3) is 0.500. The Balaban J connectivity index is 2.54. The monoisotopic (exact) mass is 229 g/mol. The fourth-order valence-corrected chi connectivity index (χ4v) is 1.21. The lowest BCUT2D eigenvalue weighted by Crippen LogP contribution is -2.19. The van der Waals surface area contributed by atoms with Crippen LogP contribution in [0.25, 0.3) is 0 Å². The Hall–Kier alpha value is -0.840. The van der Waals surface area contributed by atoms with E-state index in [4.69, 9.17) is 22.1 Å². The van der Waals surface area contributed by atoms with Crippen molar-refractivity contribution in [3.05, 3.63) is 22.8 Å². The third kappa shape index (κ3) is 4.03. The van der Waals surface area contributed by atoms with Crippen LogP contribution >= 0.6 is 11.6 Å². The van der Waals surface area contributed by atoms with Crippen molar-refractivity contribution >= 4 is 11.6 Å². The molecule has 84 valence electrons. The van der Waals surface area contributed by atoms with Gasteiger partial charge in [0.2, 0.25) is 5.88 Å². The van der Waals surface area contributed by atoms with E-state index in [0.717, 1.165) is 12.1 Å². The van der Waals surface area contributed by atoms with E-state index >= 15 is 0 Å². The Labute approximate surface area is 95.0 Å². The normalized spacial score (nSPS) is 10.7. The summed E-state index contributed by atoms with van der Waals surface area (Å²) in [5.41, 5.74) is 6.37. The van der Waals surface area contributed by atoms with E-state index in [1.54, 1.807) is 12.3 Å². The van der Waals surface area contributed by atoms with Gasteiger partial charge in [0.05, 0.1) is 5.02 Å². The molecule has 0 unspecified atom stereocenters. The zero-order chi connectivity index (χ0) is 11.3. The van der Waals surface area contributed by atoms with Crippen LogP contribution in [-0.2, 0) is 6.54 Å². The number of rotatable bonds is 5. The first-order chi connectivity index (χ1) is 7.13. The molecule has 0 bridgehead atoms. The zero-order valence-corrected chi connectivity index (χ0v) is 9.79. The highest BCUT2D eigenvalue weighted by molar-refractivity contribution is 6.31. The second-order valence-corrected chi connectivity index (χ2v) is 3.88. The van der Waals surface area contributed by atoms with Crippen LogP contribution in [0.2, 0.25) is 5.02 Å². The van der Waals surface area contributed by atoms with Crippen LogP contribution in [0.4, 0.5) is 0 Å². The van der Waals surface area contributed by atoms with E-state index in [1.807, 2.05) is 19.0 Å². The molecule has 1 heterocycles. The van der Waals surface area contributed by atoms with Gasteiger partial charge in [0, 0.05) is 25.4 Å². The number of hydrogen-bond donors (Lipinski definition) is 1. The minimum absolute atomic E-state index is 0.394. The predicted molar refractivity (Wildman–Crippen MR) is 61.2 cm³/mol. The van der Waals surface area contributed by atoms with Crippen LogP contribution in [0.15, 0.2) is 12.3 Å². The van der Waals surface area contributed by atoms with Crippen molar-refractivity contribution in [1.29, 1.82) is 0 Å². The van der Waals surface area contributed by atoms with Crippen LogP contribution in [0, 0.1) is 0 Å². The van der Waals surface area contributed by atoms with Crippen LogP contribution < -0.4 is 10.5 Å². The van der Waals surface area contributed by atoms with Crippen molar-refractivity contribution in [3.63, 3.8) is 0 Å². The maximum atomic E-state index is 5.87. The van der Waals surface area contributed by atoms with Crippen molar-refractivity contribution in [3.8, 4) is 5.88 Å². The molecule has 0 spiro atoms. The predicted octanol–water partition coefficient (Wildman–Crippen LogP) is 1.13. The number of hydrogen-bond acceptors (Lipinski definition) is 4. The minimum Gasteiger partial charge on any atom is -0.476 e. The summed E-state index contributed by atoms with van der Waals surface area (Å²) < 4.78 is 5.45. The zero-order valence-electron chi connectivity index (χ0n) is 9.03. The molecule has 0 saturated carbocycles. The summed E-state index contributed by atoms with van der Waals surface area (Å²) >= 11 is 5.87. The highest BCUT2D eigenvalue weighted by atomic mass is 35.5. The van der Waals surface area contributed by atoms with Gasteiger partial charge in [-0.1, -0.05) is 11.6 Å². The molecule has 15 heavy (non-hydrogen) atoms. The molecule has 0 atom stereocenters. The van der Waals surface area contributed by atoms with Gasteiger partial charge >= 0.3 is 0 Å². The average molecular weight is 230 g/mol. The van der Waals surface area contributed by atoms with E-state index in [0.29, 0.717) is 24.1 Å². The van der Waals surface area contributed by atoms with E-state index in [9.17, 15) is 0 Å². The molecule has 1 rings (SSSR count). The number of nitrogens with two attached hydrogens (primary N) is 1. The molecule has 0 radical (unpaired) electrons. The summed E-state index contributed by atoms with van der Waals surface area (Å²) in [6.45, 7) is 1.85. The van der Waals surface area contributed by atoms with E-state index in [2.05, 4.69) is 4.98 Å². The molecule has 0 aliphatic rings. The molecule has 5 heteroatoms. The van der Waals surface area contributed by atoms with Gasteiger partial charge in [-0.15, -0.1) is 0 Å². The maximum absolute atomic E-state index is 5.87.